The quantitative estimate of drug-likeness (QED) is 0.792. The summed E-state index contributed by atoms with van der Waals surface area (Å²) >= 11 is 3.79. The van der Waals surface area contributed by atoms with Gasteiger partial charge >= 0.3 is 0 Å². The lowest BCUT2D eigenvalue weighted by atomic mass is 10.2. The molecule has 0 aliphatic carbocycles. The van der Waals surface area contributed by atoms with E-state index >= 15 is 0 Å². The zero-order chi connectivity index (χ0) is 15.8. The molecule has 120 valence electrons. The summed E-state index contributed by atoms with van der Waals surface area (Å²) in [4.78, 5) is 23.0. The van der Waals surface area contributed by atoms with Crippen molar-refractivity contribution in [1.29, 1.82) is 0 Å². The third kappa shape index (κ3) is 5.14. The predicted molar refractivity (Wildman–Crippen MR) is 91.3 cm³/mol. The first-order valence-corrected chi connectivity index (χ1v) is 9.28. The van der Waals surface area contributed by atoms with Gasteiger partial charge in [0.05, 0.1) is 11.1 Å². The van der Waals surface area contributed by atoms with Crippen molar-refractivity contribution in [3.05, 3.63) is 29.8 Å². The molecule has 2 N–H and O–H groups in total. The van der Waals surface area contributed by atoms with Crippen molar-refractivity contribution in [2.45, 2.75) is 11.5 Å². The third-order valence-corrected chi connectivity index (χ3v) is 6.04. The van der Waals surface area contributed by atoms with Crippen LogP contribution in [0, 0.1) is 0 Å². The van der Waals surface area contributed by atoms with Crippen molar-refractivity contribution < 1.29 is 14.3 Å². The molecule has 1 heterocycles. The summed E-state index contributed by atoms with van der Waals surface area (Å²) < 4.78 is 6.00. The number of likely N-dealkylation sites (N-methyl/N-ethyl adjacent to an activating group) is 1. The molecule has 5 nitrogen and oxygen atoms in total. The molecule has 1 aliphatic heterocycles. The smallest absolute Gasteiger partial charge is 0.258 e. The molecule has 1 fully saturated rings. The topological polar surface area (TPSA) is 67.4 Å². The molecule has 22 heavy (non-hydrogen) atoms. The molecular formula is C15H20N2O3S2. The van der Waals surface area contributed by atoms with E-state index in [-0.39, 0.29) is 25.0 Å². The van der Waals surface area contributed by atoms with Crippen LogP contribution in [0.15, 0.2) is 24.3 Å². The first-order chi connectivity index (χ1) is 10.7. The monoisotopic (exact) mass is 340 g/mol. The number of para-hydroxylation sites is 1. The van der Waals surface area contributed by atoms with E-state index in [9.17, 15) is 9.59 Å². The van der Waals surface area contributed by atoms with Crippen LogP contribution < -0.4 is 15.4 Å². The second-order valence-corrected chi connectivity index (χ2v) is 7.35. The van der Waals surface area contributed by atoms with Crippen molar-refractivity contribution in [1.82, 2.24) is 10.6 Å². The number of benzene rings is 1. The molecule has 0 spiro atoms. The van der Waals surface area contributed by atoms with E-state index in [1.165, 1.54) is 0 Å². The molecule has 1 aromatic rings. The Morgan fingerprint density at radius 2 is 1.91 bits per heavy atom. The molecule has 1 aliphatic rings. The Hall–Kier alpha value is -1.34. The number of ether oxygens (including phenoxy) is 1. The van der Waals surface area contributed by atoms with E-state index in [4.69, 9.17) is 4.74 Å². The number of hydrogen-bond acceptors (Lipinski definition) is 5. The van der Waals surface area contributed by atoms with Crippen molar-refractivity contribution in [3.8, 4) is 5.75 Å². The normalized spacial score (nSPS) is 14.6. The molecular weight excluding hydrogens is 320 g/mol. The van der Waals surface area contributed by atoms with Crippen LogP contribution in [-0.4, -0.2) is 43.0 Å². The van der Waals surface area contributed by atoms with Gasteiger partial charge in [-0.3, -0.25) is 9.59 Å². The Kier molecular flexibility index (Phi) is 6.92. The van der Waals surface area contributed by atoms with Crippen molar-refractivity contribution in [3.63, 3.8) is 0 Å². The van der Waals surface area contributed by atoms with Gasteiger partial charge in [0.1, 0.15) is 5.75 Å². The van der Waals surface area contributed by atoms with Gasteiger partial charge in [-0.25, -0.2) is 0 Å². The standard InChI is InChI=1S/C15H20N2O3S2/c1-2-16-13(18)9-17-14(19)10-20-12-6-4-3-5-11(12)15-21-7-8-22-15/h3-6,15H,2,7-10H2,1H3,(H,16,18)(H,17,19). The zero-order valence-corrected chi connectivity index (χ0v) is 14.1. The Balaban J connectivity index is 1.83. The number of amides is 2. The van der Waals surface area contributed by atoms with Crippen LogP contribution in [0.1, 0.15) is 17.1 Å². The Morgan fingerprint density at radius 3 is 2.64 bits per heavy atom. The highest BCUT2D eigenvalue weighted by molar-refractivity contribution is 8.19. The van der Waals surface area contributed by atoms with Gasteiger partial charge in [0.25, 0.3) is 5.91 Å². The number of thioether (sulfide) groups is 2. The maximum atomic E-state index is 11.7. The second kappa shape index (κ2) is 8.95. The van der Waals surface area contributed by atoms with Gasteiger partial charge in [-0.2, -0.15) is 0 Å². The zero-order valence-electron chi connectivity index (χ0n) is 12.5. The average Bonchev–Trinajstić information content (AvgIpc) is 3.06. The van der Waals surface area contributed by atoms with Crippen molar-refractivity contribution in [2.24, 2.45) is 0 Å². The average molecular weight is 340 g/mol. The van der Waals surface area contributed by atoms with Gasteiger partial charge in [-0.1, -0.05) is 18.2 Å². The fourth-order valence-corrected chi connectivity index (χ4v) is 4.89. The molecule has 7 heteroatoms. The van der Waals surface area contributed by atoms with Crippen LogP contribution in [0.5, 0.6) is 5.75 Å². The van der Waals surface area contributed by atoms with Crippen molar-refractivity contribution in [2.75, 3.05) is 31.2 Å². The van der Waals surface area contributed by atoms with Gasteiger partial charge < -0.3 is 15.4 Å². The van der Waals surface area contributed by atoms with Gasteiger partial charge in [-0.15, -0.1) is 23.5 Å². The highest BCUT2D eigenvalue weighted by Gasteiger charge is 2.21. The lowest BCUT2D eigenvalue weighted by Gasteiger charge is -2.15. The largest absolute Gasteiger partial charge is 0.483 e. The highest BCUT2D eigenvalue weighted by atomic mass is 32.2. The lowest BCUT2D eigenvalue weighted by molar-refractivity contribution is -0.127. The van der Waals surface area contributed by atoms with Gasteiger partial charge in [-0.05, 0) is 13.0 Å². The van der Waals surface area contributed by atoms with E-state index in [0.29, 0.717) is 11.1 Å². The molecule has 1 saturated heterocycles. The number of hydrogen-bond donors (Lipinski definition) is 2. The Bertz CT molecular complexity index is 519. The van der Waals surface area contributed by atoms with Crippen LogP contribution in [0.2, 0.25) is 0 Å². The van der Waals surface area contributed by atoms with Crippen molar-refractivity contribution >= 4 is 35.3 Å². The second-order valence-electron chi connectivity index (χ2n) is 4.63. The highest BCUT2D eigenvalue weighted by Crippen LogP contribution is 2.48. The fraction of sp³-hybridized carbons (Fsp3) is 0.467. The summed E-state index contributed by atoms with van der Waals surface area (Å²) in [6.07, 6.45) is 0. The summed E-state index contributed by atoms with van der Waals surface area (Å²) in [5, 5.41) is 5.16. The molecule has 1 aromatic carbocycles. The van der Waals surface area contributed by atoms with Crippen LogP contribution in [0.3, 0.4) is 0 Å². The fourth-order valence-electron chi connectivity index (χ4n) is 1.98. The first kappa shape index (κ1) is 17.0. The minimum Gasteiger partial charge on any atom is -0.483 e. The minimum absolute atomic E-state index is 0.0218. The van der Waals surface area contributed by atoms with Crippen LogP contribution in [-0.2, 0) is 9.59 Å². The maximum Gasteiger partial charge on any atom is 0.258 e. The van der Waals surface area contributed by atoms with E-state index in [1.54, 1.807) is 0 Å². The van der Waals surface area contributed by atoms with Gasteiger partial charge in [0.2, 0.25) is 5.91 Å². The maximum absolute atomic E-state index is 11.7. The first-order valence-electron chi connectivity index (χ1n) is 7.19. The van der Waals surface area contributed by atoms with Crippen LogP contribution in [0.25, 0.3) is 0 Å². The number of rotatable bonds is 7. The van der Waals surface area contributed by atoms with Crippen LogP contribution >= 0.6 is 23.5 Å². The molecule has 0 aromatic heterocycles. The number of carbonyl (C=O) groups is 2. The molecule has 0 saturated carbocycles. The van der Waals surface area contributed by atoms with Crippen LogP contribution in [0.4, 0.5) is 0 Å². The van der Waals surface area contributed by atoms with Gasteiger partial charge in [0, 0.05) is 23.6 Å². The minimum atomic E-state index is -0.298. The Morgan fingerprint density at radius 1 is 1.18 bits per heavy atom. The molecule has 0 unspecified atom stereocenters. The number of nitrogens with one attached hydrogen (secondary N) is 2. The SMILES string of the molecule is CCNC(=O)CNC(=O)COc1ccccc1C1SCCS1. The molecule has 0 radical (unpaired) electrons. The summed E-state index contributed by atoms with van der Waals surface area (Å²) in [5.41, 5.74) is 1.12. The van der Waals surface area contributed by atoms with Gasteiger partial charge in [0.15, 0.2) is 6.61 Å². The van der Waals surface area contributed by atoms with E-state index in [1.807, 2.05) is 54.7 Å². The summed E-state index contributed by atoms with van der Waals surface area (Å²) in [6.45, 7) is 2.28. The lowest BCUT2D eigenvalue weighted by Crippen LogP contribution is -2.38. The molecule has 2 rings (SSSR count). The Labute approximate surface area is 138 Å². The van der Waals surface area contributed by atoms with E-state index < -0.39 is 0 Å². The van der Waals surface area contributed by atoms with E-state index in [0.717, 1.165) is 22.8 Å². The third-order valence-electron chi connectivity index (χ3n) is 2.97. The summed E-state index contributed by atoms with van der Waals surface area (Å²) in [6, 6.07) is 7.80. The molecule has 2 amide bonds. The molecule has 0 atom stereocenters. The summed E-state index contributed by atoms with van der Waals surface area (Å²) in [7, 11) is 0. The number of carbonyl (C=O) groups excluding carboxylic acids is 2. The van der Waals surface area contributed by atoms with E-state index in [2.05, 4.69) is 10.6 Å². The predicted octanol–water partition coefficient (Wildman–Crippen LogP) is 1.80. The molecule has 0 bridgehead atoms. The summed E-state index contributed by atoms with van der Waals surface area (Å²) in [5.74, 6) is 2.51.